The average Bonchev–Trinajstić information content (AvgIpc) is 2.92. The molecule has 0 atom stereocenters. The second-order valence-electron chi connectivity index (χ2n) is 9.33. The van der Waals surface area contributed by atoms with Gasteiger partial charge in [-0.3, -0.25) is 9.88 Å². The van der Waals surface area contributed by atoms with Crippen LogP contribution in [0.2, 0.25) is 0 Å². The lowest BCUT2D eigenvalue weighted by molar-refractivity contribution is 0.160. The zero-order chi connectivity index (χ0) is 22.9. The smallest absolute Gasteiger partial charge is 0.129 e. The van der Waals surface area contributed by atoms with Crippen molar-refractivity contribution in [1.29, 1.82) is 0 Å². The Balaban J connectivity index is 1.09. The fourth-order valence-electron chi connectivity index (χ4n) is 5.52. The summed E-state index contributed by atoms with van der Waals surface area (Å²) in [5, 5.41) is 2.34. The summed E-state index contributed by atoms with van der Waals surface area (Å²) < 4.78 is 5.57. The van der Waals surface area contributed by atoms with Gasteiger partial charge in [-0.25, -0.2) is 4.98 Å². The van der Waals surface area contributed by atoms with Crippen molar-refractivity contribution in [2.24, 2.45) is 0 Å². The van der Waals surface area contributed by atoms with Crippen molar-refractivity contribution in [3.63, 3.8) is 0 Å². The number of fused-ring (bicyclic) bond motifs is 2. The van der Waals surface area contributed by atoms with E-state index in [4.69, 9.17) is 9.72 Å². The van der Waals surface area contributed by atoms with Crippen molar-refractivity contribution in [2.45, 2.75) is 18.9 Å². The number of hydrogen-bond acceptors (Lipinski definition) is 6. The number of para-hydroxylation sites is 1. The molecule has 2 aromatic carbocycles. The quantitative estimate of drug-likeness (QED) is 0.451. The fraction of sp³-hybridized carbons (Fsp3) is 0.357. The zero-order valence-corrected chi connectivity index (χ0v) is 19.7. The molecular formula is C28H31N5O. The molecule has 6 heteroatoms. The van der Waals surface area contributed by atoms with E-state index in [1.165, 1.54) is 23.9 Å². The van der Waals surface area contributed by atoms with Crippen LogP contribution in [-0.4, -0.2) is 67.3 Å². The number of rotatable bonds is 4. The van der Waals surface area contributed by atoms with E-state index in [0.29, 0.717) is 6.04 Å². The van der Waals surface area contributed by atoms with Crippen LogP contribution in [-0.2, 0) is 0 Å². The lowest BCUT2D eigenvalue weighted by Crippen LogP contribution is -2.53. The lowest BCUT2D eigenvalue weighted by Gasteiger charge is -2.43. The highest BCUT2D eigenvalue weighted by Crippen LogP contribution is 2.32. The Bertz CT molecular complexity index is 1290. The Morgan fingerprint density at radius 2 is 1.59 bits per heavy atom. The van der Waals surface area contributed by atoms with Gasteiger partial charge in [-0.15, -0.1) is 0 Å². The molecule has 0 amide bonds. The minimum absolute atomic E-state index is 0.652. The summed E-state index contributed by atoms with van der Waals surface area (Å²) in [5.74, 6) is 2.01. The Morgan fingerprint density at radius 3 is 2.41 bits per heavy atom. The van der Waals surface area contributed by atoms with E-state index in [1.54, 1.807) is 7.11 Å². The summed E-state index contributed by atoms with van der Waals surface area (Å²) in [6, 6.07) is 21.7. The summed E-state index contributed by atoms with van der Waals surface area (Å²) >= 11 is 0. The lowest BCUT2D eigenvalue weighted by atomic mass is 10.0. The topological polar surface area (TPSA) is 44.7 Å². The van der Waals surface area contributed by atoms with Crippen LogP contribution in [0.3, 0.4) is 0 Å². The molecule has 6 nitrogen and oxygen atoms in total. The Kier molecular flexibility index (Phi) is 5.67. The van der Waals surface area contributed by atoms with Crippen LogP contribution >= 0.6 is 0 Å². The maximum atomic E-state index is 5.57. The Hall–Kier alpha value is -3.38. The second kappa shape index (κ2) is 9.11. The van der Waals surface area contributed by atoms with E-state index in [1.807, 2.05) is 12.3 Å². The van der Waals surface area contributed by atoms with Crippen LogP contribution < -0.4 is 14.5 Å². The highest BCUT2D eigenvalue weighted by Gasteiger charge is 2.28. The first-order valence-corrected chi connectivity index (χ1v) is 12.3. The molecule has 0 bridgehead atoms. The van der Waals surface area contributed by atoms with Crippen molar-refractivity contribution in [1.82, 2.24) is 14.9 Å². The molecule has 2 saturated heterocycles. The van der Waals surface area contributed by atoms with Crippen molar-refractivity contribution >= 4 is 33.3 Å². The van der Waals surface area contributed by atoms with Gasteiger partial charge in [0.1, 0.15) is 11.6 Å². The van der Waals surface area contributed by atoms with Gasteiger partial charge in [0.05, 0.1) is 23.8 Å². The van der Waals surface area contributed by atoms with Crippen LogP contribution in [0.5, 0.6) is 5.75 Å². The molecular weight excluding hydrogens is 422 g/mol. The van der Waals surface area contributed by atoms with E-state index >= 15 is 0 Å². The standard InChI is InChI=1S/C28H31N5O/c1-34-24-19-22-6-4-12-29-28(22)26(20-24)32-17-15-31(16-18-32)23-10-13-33(14-11-23)27-9-8-21-5-2-3-7-25(21)30-27/h2-9,12,19-20,23H,10-11,13-18H2,1H3. The first-order chi connectivity index (χ1) is 16.8. The summed E-state index contributed by atoms with van der Waals surface area (Å²) in [5.41, 5.74) is 3.33. The van der Waals surface area contributed by atoms with E-state index < -0.39 is 0 Å². The average molecular weight is 454 g/mol. The number of piperidine rings is 1. The van der Waals surface area contributed by atoms with Crippen LogP contribution in [0.25, 0.3) is 21.8 Å². The second-order valence-corrected chi connectivity index (χ2v) is 9.33. The van der Waals surface area contributed by atoms with Gasteiger partial charge in [0.25, 0.3) is 0 Å². The highest BCUT2D eigenvalue weighted by molar-refractivity contribution is 5.92. The molecule has 34 heavy (non-hydrogen) atoms. The summed E-state index contributed by atoms with van der Waals surface area (Å²) in [6.07, 6.45) is 4.27. The first-order valence-electron chi connectivity index (χ1n) is 12.3. The van der Waals surface area contributed by atoms with Crippen LogP contribution in [0.4, 0.5) is 11.5 Å². The summed E-state index contributed by atoms with van der Waals surface area (Å²) in [7, 11) is 1.74. The van der Waals surface area contributed by atoms with Gasteiger partial charge in [-0.05, 0) is 43.2 Å². The van der Waals surface area contributed by atoms with Crippen LogP contribution in [0.15, 0.2) is 66.9 Å². The molecule has 4 aromatic rings. The number of benzene rings is 2. The number of hydrogen-bond donors (Lipinski definition) is 0. The Morgan fingerprint density at radius 1 is 0.794 bits per heavy atom. The molecule has 174 valence electrons. The van der Waals surface area contributed by atoms with Crippen molar-refractivity contribution < 1.29 is 4.74 Å². The number of aromatic nitrogens is 2. The largest absolute Gasteiger partial charge is 0.497 e. The van der Waals surface area contributed by atoms with E-state index in [0.717, 1.165) is 67.3 Å². The maximum Gasteiger partial charge on any atom is 0.129 e. The zero-order valence-electron chi connectivity index (χ0n) is 19.7. The predicted octanol–water partition coefficient (Wildman–Crippen LogP) is 4.58. The molecule has 0 aliphatic carbocycles. The van der Waals surface area contributed by atoms with E-state index in [9.17, 15) is 0 Å². The summed E-state index contributed by atoms with van der Waals surface area (Å²) in [4.78, 5) is 17.2. The van der Waals surface area contributed by atoms with Gasteiger partial charge in [0, 0.05) is 68.3 Å². The minimum atomic E-state index is 0.652. The molecule has 0 spiro atoms. The van der Waals surface area contributed by atoms with Crippen molar-refractivity contribution in [3.05, 3.63) is 66.9 Å². The van der Waals surface area contributed by atoms with Crippen molar-refractivity contribution in [2.75, 3.05) is 56.2 Å². The van der Waals surface area contributed by atoms with E-state index in [-0.39, 0.29) is 0 Å². The number of nitrogens with zero attached hydrogens (tertiary/aromatic N) is 5. The molecule has 0 N–H and O–H groups in total. The molecule has 0 radical (unpaired) electrons. The number of methoxy groups -OCH3 is 1. The normalized spacial score (nSPS) is 18.0. The van der Waals surface area contributed by atoms with Crippen LogP contribution in [0, 0.1) is 0 Å². The van der Waals surface area contributed by atoms with E-state index in [2.05, 4.69) is 74.3 Å². The third kappa shape index (κ3) is 4.03. The third-order valence-electron chi connectivity index (χ3n) is 7.44. The molecule has 2 aliphatic heterocycles. The van der Waals surface area contributed by atoms with Gasteiger partial charge >= 0.3 is 0 Å². The Labute approximate surface area is 200 Å². The molecule has 2 aromatic heterocycles. The van der Waals surface area contributed by atoms with Gasteiger partial charge in [0.2, 0.25) is 0 Å². The SMILES string of the molecule is COc1cc(N2CCN(C3CCN(c4ccc5ccccc5n4)CC3)CC2)c2ncccc2c1. The van der Waals surface area contributed by atoms with Gasteiger partial charge < -0.3 is 14.5 Å². The van der Waals surface area contributed by atoms with Gasteiger partial charge in [-0.1, -0.05) is 24.3 Å². The maximum absolute atomic E-state index is 5.57. The molecule has 0 saturated carbocycles. The van der Waals surface area contributed by atoms with Gasteiger partial charge in [0.15, 0.2) is 0 Å². The number of anilines is 2. The highest BCUT2D eigenvalue weighted by atomic mass is 16.5. The summed E-state index contributed by atoms with van der Waals surface area (Å²) in [6.45, 7) is 6.35. The fourth-order valence-corrected chi connectivity index (χ4v) is 5.52. The molecule has 6 rings (SSSR count). The molecule has 2 fully saturated rings. The first kappa shape index (κ1) is 21.2. The van der Waals surface area contributed by atoms with Gasteiger partial charge in [-0.2, -0.15) is 0 Å². The number of ether oxygens (including phenoxy) is 1. The molecule has 4 heterocycles. The third-order valence-corrected chi connectivity index (χ3v) is 7.44. The molecule has 2 aliphatic rings. The predicted molar refractivity (Wildman–Crippen MR) is 139 cm³/mol. The molecule has 0 unspecified atom stereocenters. The van der Waals surface area contributed by atoms with Crippen LogP contribution in [0.1, 0.15) is 12.8 Å². The number of piperazine rings is 1. The minimum Gasteiger partial charge on any atom is -0.497 e. The van der Waals surface area contributed by atoms with Crippen molar-refractivity contribution in [3.8, 4) is 5.75 Å². The monoisotopic (exact) mass is 453 g/mol. The number of pyridine rings is 2.